The number of hydrazine groups is 1. The van der Waals surface area contributed by atoms with Gasteiger partial charge in [0.15, 0.2) is 0 Å². The van der Waals surface area contributed by atoms with Gasteiger partial charge in [-0.1, -0.05) is 30.3 Å². The average Bonchev–Trinajstić information content (AvgIpc) is 2.74. The van der Waals surface area contributed by atoms with Gasteiger partial charge in [-0.2, -0.15) is 0 Å². The van der Waals surface area contributed by atoms with Crippen LogP contribution in [-0.2, 0) is 6.42 Å². The van der Waals surface area contributed by atoms with Crippen LogP contribution in [0.4, 0.5) is 0 Å². The molecule has 2 N–H and O–H groups in total. The highest BCUT2D eigenvalue weighted by Crippen LogP contribution is 2.26. The summed E-state index contributed by atoms with van der Waals surface area (Å²) < 4.78 is 6.44. The van der Waals surface area contributed by atoms with Crippen LogP contribution in [0, 0.1) is 0 Å². The normalized spacial score (nSPS) is 10.2. The summed E-state index contributed by atoms with van der Waals surface area (Å²) in [6, 6.07) is 18.2. The van der Waals surface area contributed by atoms with E-state index in [9.17, 15) is 9.59 Å². The quantitative estimate of drug-likeness (QED) is 0.575. The standard InChI is InChI=1S/C21H18BrN3O3/c22-18-14-17(21(27)25-24-20(26)16-8-11-23-12-9-16)6-7-19(18)28-13-10-15-4-2-1-3-5-15/h1-9,11-12,14H,10,13H2,(H,24,26)(H,25,27). The van der Waals surface area contributed by atoms with Crippen LogP contribution < -0.4 is 15.6 Å². The highest BCUT2D eigenvalue weighted by Gasteiger charge is 2.11. The second kappa shape index (κ2) is 9.66. The summed E-state index contributed by atoms with van der Waals surface area (Å²) in [5.41, 5.74) is 6.74. The zero-order valence-electron chi connectivity index (χ0n) is 14.9. The van der Waals surface area contributed by atoms with Crippen LogP contribution in [0.2, 0.25) is 0 Å². The van der Waals surface area contributed by atoms with Gasteiger partial charge >= 0.3 is 0 Å². The lowest BCUT2D eigenvalue weighted by Crippen LogP contribution is -2.41. The van der Waals surface area contributed by atoms with E-state index in [1.807, 2.05) is 30.3 Å². The first kappa shape index (κ1) is 19.6. The maximum Gasteiger partial charge on any atom is 0.269 e. The predicted molar refractivity (Wildman–Crippen MR) is 109 cm³/mol. The fraction of sp³-hybridized carbons (Fsp3) is 0.0952. The number of amides is 2. The van der Waals surface area contributed by atoms with Gasteiger partial charge < -0.3 is 4.74 Å². The molecule has 2 amide bonds. The molecular formula is C21H18BrN3O3. The van der Waals surface area contributed by atoms with Crippen LogP contribution >= 0.6 is 15.9 Å². The van der Waals surface area contributed by atoms with E-state index in [0.717, 1.165) is 6.42 Å². The minimum Gasteiger partial charge on any atom is -0.492 e. The second-order valence-corrected chi connectivity index (χ2v) is 6.73. The smallest absolute Gasteiger partial charge is 0.269 e. The number of rotatable bonds is 6. The summed E-state index contributed by atoms with van der Waals surface area (Å²) in [4.78, 5) is 28.0. The number of halogens is 1. The molecule has 0 bridgehead atoms. The van der Waals surface area contributed by atoms with Gasteiger partial charge in [-0.05, 0) is 51.8 Å². The summed E-state index contributed by atoms with van der Waals surface area (Å²) >= 11 is 3.42. The van der Waals surface area contributed by atoms with E-state index in [-0.39, 0.29) is 0 Å². The molecule has 0 saturated carbocycles. The van der Waals surface area contributed by atoms with Crippen molar-refractivity contribution in [3.63, 3.8) is 0 Å². The van der Waals surface area contributed by atoms with Gasteiger partial charge in [-0.3, -0.25) is 25.4 Å². The van der Waals surface area contributed by atoms with Crippen molar-refractivity contribution in [2.45, 2.75) is 6.42 Å². The molecular weight excluding hydrogens is 422 g/mol. The number of nitrogens with zero attached hydrogens (tertiary/aromatic N) is 1. The van der Waals surface area contributed by atoms with Crippen molar-refractivity contribution in [1.82, 2.24) is 15.8 Å². The molecule has 0 atom stereocenters. The van der Waals surface area contributed by atoms with Crippen molar-refractivity contribution in [1.29, 1.82) is 0 Å². The average molecular weight is 440 g/mol. The number of pyridine rings is 1. The second-order valence-electron chi connectivity index (χ2n) is 5.87. The van der Waals surface area contributed by atoms with Gasteiger partial charge in [-0.15, -0.1) is 0 Å². The van der Waals surface area contributed by atoms with Gasteiger partial charge in [0.2, 0.25) is 0 Å². The van der Waals surface area contributed by atoms with Crippen molar-refractivity contribution >= 4 is 27.7 Å². The Hall–Kier alpha value is -3.19. The molecule has 0 saturated heterocycles. The van der Waals surface area contributed by atoms with E-state index >= 15 is 0 Å². The largest absolute Gasteiger partial charge is 0.492 e. The Balaban J connectivity index is 1.52. The molecule has 1 aromatic heterocycles. The third kappa shape index (κ3) is 5.40. The topological polar surface area (TPSA) is 80.3 Å². The molecule has 0 spiro atoms. The number of ether oxygens (including phenoxy) is 1. The lowest BCUT2D eigenvalue weighted by atomic mass is 10.2. The van der Waals surface area contributed by atoms with Crippen LogP contribution in [0.3, 0.4) is 0 Å². The van der Waals surface area contributed by atoms with Gasteiger partial charge in [-0.25, -0.2) is 0 Å². The molecule has 2 aromatic carbocycles. The lowest BCUT2D eigenvalue weighted by molar-refractivity contribution is 0.0846. The maximum atomic E-state index is 12.2. The molecule has 0 aliphatic carbocycles. The minimum absolute atomic E-state index is 0.386. The van der Waals surface area contributed by atoms with Crippen molar-refractivity contribution in [2.24, 2.45) is 0 Å². The third-order valence-corrected chi connectivity index (χ3v) is 4.54. The molecule has 0 aliphatic heterocycles. The highest BCUT2D eigenvalue weighted by molar-refractivity contribution is 9.10. The summed E-state index contributed by atoms with van der Waals surface area (Å²) in [5.74, 6) is -0.206. The number of carbonyl (C=O) groups excluding carboxylic acids is 2. The SMILES string of the molecule is O=C(NNC(=O)c1ccc(OCCc2ccccc2)c(Br)c1)c1ccncc1. The summed E-state index contributed by atoms with van der Waals surface area (Å²) in [6.07, 6.45) is 3.80. The van der Waals surface area contributed by atoms with Crippen LogP contribution in [0.15, 0.2) is 77.5 Å². The Morgan fingerprint density at radius 2 is 1.57 bits per heavy atom. The third-order valence-electron chi connectivity index (χ3n) is 3.92. The van der Waals surface area contributed by atoms with E-state index in [1.54, 1.807) is 30.3 Å². The first-order chi connectivity index (χ1) is 13.6. The molecule has 6 nitrogen and oxygen atoms in total. The summed E-state index contributed by atoms with van der Waals surface area (Å²) in [6.45, 7) is 0.524. The maximum absolute atomic E-state index is 12.2. The van der Waals surface area contributed by atoms with E-state index < -0.39 is 11.8 Å². The number of hydrogen-bond donors (Lipinski definition) is 2. The van der Waals surface area contributed by atoms with Crippen LogP contribution in [0.5, 0.6) is 5.75 Å². The molecule has 3 aromatic rings. The fourth-order valence-electron chi connectivity index (χ4n) is 2.44. The number of aromatic nitrogens is 1. The van der Waals surface area contributed by atoms with Crippen LogP contribution in [0.1, 0.15) is 26.3 Å². The van der Waals surface area contributed by atoms with Gasteiger partial charge in [0.1, 0.15) is 5.75 Å². The zero-order chi connectivity index (χ0) is 19.8. The Kier molecular flexibility index (Phi) is 6.75. The molecule has 28 heavy (non-hydrogen) atoms. The minimum atomic E-state index is -0.432. The molecule has 1 heterocycles. The number of carbonyl (C=O) groups is 2. The van der Waals surface area contributed by atoms with Crippen molar-refractivity contribution in [3.8, 4) is 5.75 Å². The van der Waals surface area contributed by atoms with E-state index in [2.05, 4.69) is 31.8 Å². The molecule has 0 unspecified atom stereocenters. The zero-order valence-corrected chi connectivity index (χ0v) is 16.5. The van der Waals surface area contributed by atoms with Gasteiger partial charge in [0.25, 0.3) is 11.8 Å². The Bertz CT molecular complexity index is 950. The van der Waals surface area contributed by atoms with Crippen molar-refractivity contribution < 1.29 is 14.3 Å². The van der Waals surface area contributed by atoms with E-state index in [0.29, 0.717) is 28.0 Å². The van der Waals surface area contributed by atoms with E-state index in [1.165, 1.54) is 18.0 Å². The fourth-order valence-corrected chi connectivity index (χ4v) is 2.94. The number of nitrogens with one attached hydrogen (secondary N) is 2. The lowest BCUT2D eigenvalue weighted by Gasteiger charge is -2.11. The van der Waals surface area contributed by atoms with Crippen molar-refractivity contribution in [2.75, 3.05) is 6.61 Å². The van der Waals surface area contributed by atoms with Gasteiger partial charge in [0, 0.05) is 29.9 Å². The van der Waals surface area contributed by atoms with E-state index in [4.69, 9.17) is 4.74 Å². The van der Waals surface area contributed by atoms with Crippen molar-refractivity contribution in [3.05, 3.63) is 94.2 Å². The predicted octanol–water partition coefficient (Wildman–Crippen LogP) is 3.54. The molecule has 142 valence electrons. The Labute approximate surface area is 171 Å². The molecule has 0 aliphatic rings. The Morgan fingerprint density at radius 1 is 0.893 bits per heavy atom. The molecule has 0 fully saturated rings. The molecule has 0 radical (unpaired) electrons. The first-order valence-corrected chi connectivity index (χ1v) is 9.40. The summed E-state index contributed by atoms with van der Waals surface area (Å²) in [7, 11) is 0. The number of benzene rings is 2. The van der Waals surface area contributed by atoms with Crippen LogP contribution in [-0.4, -0.2) is 23.4 Å². The van der Waals surface area contributed by atoms with Gasteiger partial charge in [0.05, 0.1) is 11.1 Å². The molecule has 7 heteroatoms. The monoisotopic (exact) mass is 439 g/mol. The molecule has 3 rings (SSSR count). The van der Waals surface area contributed by atoms with Crippen LogP contribution in [0.25, 0.3) is 0 Å². The number of hydrogen-bond acceptors (Lipinski definition) is 4. The highest BCUT2D eigenvalue weighted by atomic mass is 79.9. The Morgan fingerprint density at radius 3 is 2.25 bits per heavy atom. The summed E-state index contributed by atoms with van der Waals surface area (Å²) in [5, 5.41) is 0. The first-order valence-electron chi connectivity index (χ1n) is 8.60.